The number of hydrogen-bond donors (Lipinski definition) is 2. The molecule has 1 aromatic rings. The van der Waals surface area contributed by atoms with E-state index in [9.17, 15) is 9.18 Å². The number of carbonyl (C=O) groups excluding carboxylic acids is 1. The molecule has 1 amide bonds. The molecule has 1 aliphatic rings. The van der Waals surface area contributed by atoms with Crippen LogP contribution < -0.4 is 16.4 Å². The summed E-state index contributed by atoms with van der Waals surface area (Å²) in [5, 5.41) is 0. The van der Waals surface area contributed by atoms with Gasteiger partial charge in [0.1, 0.15) is 5.82 Å². The van der Waals surface area contributed by atoms with E-state index >= 15 is 0 Å². The first-order valence-electron chi connectivity index (χ1n) is 7.06. The maximum atomic E-state index is 13.9. The third-order valence-electron chi connectivity index (χ3n) is 3.93. The van der Waals surface area contributed by atoms with Gasteiger partial charge >= 0.3 is 0 Å². The molecule has 0 saturated carbocycles. The zero-order valence-electron chi connectivity index (χ0n) is 11.8. The molecule has 0 bridgehead atoms. The Morgan fingerprint density at radius 2 is 2.10 bits per heavy atom. The first-order chi connectivity index (χ1) is 9.49. The van der Waals surface area contributed by atoms with Crippen molar-refractivity contribution in [3.05, 3.63) is 29.6 Å². The van der Waals surface area contributed by atoms with E-state index in [4.69, 9.17) is 11.5 Å². The zero-order chi connectivity index (χ0) is 14.7. The number of nitrogens with two attached hydrogens (primary N) is 2. The highest BCUT2D eigenvalue weighted by atomic mass is 19.1. The van der Waals surface area contributed by atoms with Crippen LogP contribution in [0.5, 0.6) is 0 Å². The average Bonchev–Trinajstić information content (AvgIpc) is 2.38. The Morgan fingerprint density at radius 1 is 1.45 bits per heavy atom. The molecular weight excluding hydrogens is 257 g/mol. The third kappa shape index (κ3) is 3.28. The number of hydrogen-bond acceptors (Lipinski definition) is 3. The molecule has 1 fully saturated rings. The number of primary amides is 1. The van der Waals surface area contributed by atoms with E-state index in [1.54, 1.807) is 13.0 Å². The highest BCUT2D eigenvalue weighted by Gasteiger charge is 2.24. The van der Waals surface area contributed by atoms with Crippen molar-refractivity contribution in [1.82, 2.24) is 0 Å². The van der Waals surface area contributed by atoms with Crippen LogP contribution in [0.1, 0.15) is 37.8 Å². The lowest BCUT2D eigenvalue weighted by Crippen LogP contribution is -2.36. The average molecular weight is 279 g/mol. The van der Waals surface area contributed by atoms with Crippen LogP contribution >= 0.6 is 0 Å². The summed E-state index contributed by atoms with van der Waals surface area (Å²) in [4.78, 5) is 13.1. The van der Waals surface area contributed by atoms with Crippen LogP contribution in [0.25, 0.3) is 0 Å². The number of anilines is 1. The predicted molar refractivity (Wildman–Crippen MR) is 77.8 cm³/mol. The van der Waals surface area contributed by atoms with Gasteiger partial charge < -0.3 is 16.4 Å². The molecule has 1 heterocycles. The molecule has 0 aliphatic carbocycles. The van der Waals surface area contributed by atoms with Crippen LogP contribution in [0.15, 0.2) is 18.2 Å². The minimum Gasteiger partial charge on any atom is -0.371 e. The van der Waals surface area contributed by atoms with Crippen LogP contribution in [-0.4, -0.2) is 19.0 Å². The van der Waals surface area contributed by atoms with Crippen LogP contribution in [0.4, 0.5) is 10.1 Å². The van der Waals surface area contributed by atoms with Gasteiger partial charge in [-0.2, -0.15) is 0 Å². The summed E-state index contributed by atoms with van der Waals surface area (Å²) >= 11 is 0. The predicted octanol–water partition coefficient (Wildman–Crippen LogP) is 1.94. The topological polar surface area (TPSA) is 72.3 Å². The lowest BCUT2D eigenvalue weighted by atomic mass is 9.92. The molecule has 0 aromatic heterocycles. The molecular formula is C15H22FN3O. The Labute approximate surface area is 118 Å². The van der Waals surface area contributed by atoms with Crippen LogP contribution in [-0.2, 0) is 4.79 Å². The van der Waals surface area contributed by atoms with Crippen molar-refractivity contribution in [2.24, 2.45) is 17.4 Å². The monoisotopic (exact) mass is 279 g/mol. The molecule has 4 nitrogen and oxygen atoms in total. The van der Waals surface area contributed by atoms with Crippen molar-refractivity contribution < 1.29 is 9.18 Å². The maximum absolute atomic E-state index is 13.9. The Balaban J connectivity index is 2.11. The quantitative estimate of drug-likeness (QED) is 0.884. The maximum Gasteiger partial charge on any atom is 0.217 e. The minimum absolute atomic E-state index is 0.245. The minimum atomic E-state index is -0.338. The Kier molecular flexibility index (Phi) is 4.60. The molecule has 0 unspecified atom stereocenters. The highest BCUT2D eigenvalue weighted by molar-refractivity contribution is 5.74. The van der Waals surface area contributed by atoms with Gasteiger partial charge in [-0.25, -0.2) is 4.39 Å². The van der Waals surface area contributed by atoms with E-state index < -0.39 is 0 Å². The first kappa shape index (κ1) is 14.8. The normalized spacial score (nSPS) is 18.1. The highest BCUT2D eigenvalue weighted by Crippen LogP contribution is 2.31. The molecule has 1 atom stereocenters. The van der Waals surface area contributed by atoms with Gasteiger partial charge in [0.25, 0.3) is 0 Å². The van der Waals surface area contributed by atoms with Crippen molar-refractivity contribution >= 4 is 11.6 Å². The lowest BCUT2D eigenvalue weighted by molar-refractivity contribution is -0.119. The van der Waals surface area contributed by atoms with E-state index in [1.165, 1.54) is 6.07 Å². The van der Waals surface area contributed by atoms with Crippen molar-refractivity contribution in [1.29, 1.82) is 0 Å². The first-order valence-corrected chi connectivity index (χ1v) is 7.06. The SMILES string of the molecule is C[C@@H](N)c1c(F)cccc1N1CCC(CC(N)=O)CC1. The number of amides is 1. The number of nitrogens with zero attached hydrogens (tertiary/aromatic N) is 1. The summed E-state index contributed by atoms with van der Waals surface area (Å²) in [5.41, 5.74) is 12.6. The van der Waals surface area contributed by atoms with E-state index in [-0.39, 0.29) is 17.8 Å². The van der Waals surface area contributed by atoms with Gasteiger partial charge in [-0.15, -0.1) is 0 Å². The molecule has 1 saturated heterocycles. The molecule has 0 spiro atoms. The largest absolute Gasteiger partial charge is 0.371 e. The summed E-state index contributed by atoms with van der Waals surface area (Å²) in [6.07, 6.45) is 2.24. The van der Waals surface area contributed by atoms with Crippen molar-refractivity contribution in [3.8, 4) is 0 Å². The van der Waals surface area contributed by atoms with Gasteiger partial charge in [-0.05, 0) is 37.8 Å². The molecule has 2 rings (SSSR count). The Hall–Kier alpha value is -1.62. The zero-order valence-corrected chi connectivity index (χ0v) is 11.8. The van der Waals surface area contributed by atoms with Crippen LogP contribution in [0, 0.1) is 11.7 Å². The third-order valence-corrected chi connectivity index (χ3v) is 3.93. The van der Waals surface area contributed by atoms with Gasteiger partial charge in [-0.3, -0.25) is 4.79 Å². The standard InChI is InChI=1S/C15H22FN3O/c1-10(17)15-12(16)3-2-4-13(15)19-7-5-11(6-8-19)9-14(18)20/h2-4,10-11H,5-9,17H2,1H3,(H2,18,20)/t10-/m1/s1. The molecule has 0 radical (unpaired) electrons. The van der Waals surface area contributed by atoms with Gasteiger partial charge in [0, 0.05) is 36.8 Å². The van der Waals surface area contributed by atoms with Gasteiger partial charge in [0.05, 0.1) is 0 Å². The number of piperidine rings is 1. The van der Waals surface area contributed by atoms with Gasteiger partial charge in [0.15, 0.2) is 0 Å². The Morgan fingerprint density at radius 3 is 2.65 bits per heavy atom. The summed E-state index contributed by atoms with van der Waals surface area (Å²) in [6.45, 7) is 3.41. The van der Waals surface area contributed by atoms with E-state index in [2.05, 4.69) is 4.90 Å². The van der Waals surface area contributed by atoms with E-state index in [0.29, 0.717) is 17.9 Å². The molecule has 1 aromatic carbocycles. The number of benzene rings is 1. The molecule has 1 aliphatic heterocycles. The van der Waals surface area contributed by atoms with Gasteiger partial charge in [0.2, 0.25) is 5.91 Å². The second-order valence-electron chi connectivity index (χ2n) is 5.56. The second kappa shape index (κ2) is 6.22. The molecule has 4 N–H and O–H groups in total. The van der Waals surface area contributed by atoms with Crippen molar-refractivity contribution in [2.75, 3.05) is 18.0 Å². The van der Waals surface area contributed by atoms with Crippen molar-refractivity contribution in [2.45, 2.75) is 32.2 Å². The lowest BCUT2D eigenvalue weighted by Gasteiger charge is -2.35. The number of halogens is 1. The van der Waals surface area contributed by atoms with Gasteiger partial charge in [-0.1, -0.05) is 6.07 Å². The fourth-order valence-corrected chi connectivity index (χ4v) is 2.91. The Bertz CT molecular complexity index is 482. The fourth-order valence-electron chi connectivity index (χ4n) is 2.91. The summed E-state index contributed by atoms with van der Waals surface area (Å²) < 4.78 is 13.9. The van der Waals surface area contributed by atoms with E-state index in [1.807, 2.05) is 6.07 Å². The summed E-state index contributed by atoms with van der Waals surface area (Å²) in [5.74, 6) is -0.154. The molecule has 110 valence electrons. The smallest absolute Gasteiger partial charge is 0.217 e. The summed E-state index contributed by atoms with van der Waals surface area (Å²) in [7, 11) is 0. The van der Waals surface area contributed by atoms with Crippen LogP contribution in [0.3, 0.4) is 0 Å². The number of carbonyl (C=O) groups is 1. The van der Waals surface area contributed by atoms with Crippen LogP contribution in [0.2, 0.25) is 0 Å². The molecule has 5 heteroatoms. The fraction of sp³-hybridized carbons (Fsp3) is 0.533. The molecule has 20 heavy (non-hydrogen) atoms. The number of rotatable bonds is 4. The van der Waals surface area contributed by atoms with E-state index in [0.717, 1.165) is 31.6 Å². The second-order valence-corrected chi connectivity index (χ2v) is 5.56. The van der Waals surface area contributed by atoms with Crippen molar-refractivity contribution in [3.63, 3.8) is 0 Å². The summed E-state index contributed by atoms with van der Waals surface area (Å²) in [6, 6.07) is 4.74.